The molecule has 0 aromatic heterocycles. The lowest BCUT2D eigenvalue weighted by molar-refractivity contribution is 0.363. The van der Waals surface area contributed by atoms with Crippen LogP contribution in [0.5, 0.6) is 5.75 Å². The molecule has 0 aliphatic carbocycles. The van der Waals surface area contributed by atoms with E-state index in [1.807, 2.05) is 48.5 Å². The van der Waals surface area contributed by atoms with Gasteiger partial charge in [0.25, 0.3) is 0 Å². The Morgan fingerprint density at radius 1 is 0.941 bits per heavy atom. The van der Waals surface area contributed by atoms with Gasteiger partial charge in [0.05, 0.1) is 0 Å². The van der Waals surface area contributed by atoms with E-state index in [0.717, 1.165) is 10.2 Å². The molecule has 2 heteroatoms. The van der Waals surface area contributed by atoms with Crippen molar-refractivity contribution in [3.63, 3.8) is 0 Å². The van der Waals surface area contributed by atoms with Gasteiger partial charge in [-0.3, -0.25) is 0 Å². The predicted molar refractivity (Wildman–Crippen MR) is 75.1 cm³/mol. The second-order valence-corrected chi connectivity index (χ2v) is 4.49. The third-order valence-electron chi connectivity index (χ3n) is 2.27. The summed E-state index contributed by atoms with van der Waals surface area (Å²) in [6.07, 6.45) is 4.07. The molecule has 0 atom stereocenters. The number of halogens is 1. The molecule has 0 spiro atoms. The third-order valence-corrected chi connectivity index (χ3v) is 2.80. The van der Waals surface area contributed by atoms with Gasteiger partial charge in [0.15, 0.2) is 0 Å². The Balaban J connectivity index is 1.84. The van der Waals surface area contributed by atoms with Gasteiger partial charge in [-0.05, 0) is 35.9 Å². The van der Waals surface area contributed by atoms with E-state index in [1.165, 1.54) is 5.56 Å². The maximum absolute atomic E-state index is 5.58. The molecular weight excluding hydrogens is 276 g/mol. The lowest BCUT2D eigenvalue weighted by atomic mass is 10.2. The van der Waals surface area contributed by atoms with Crippen molar-refractivity contribution in [1.82, 2.24) is 0 Å². The van der Waals surface area contributed by atoms with E-state index in [1.54, 1.807) is 0 Å². The minimum absolute atomic E-state index is 0.580. The molecule has 0 saturated heterocycles. The van der Waals surface area contributed by atoms with Gasteiger partial charge in [0, 0.05) is 4.47 Å². The van der Waals surface area contributed by atoms with Crippen LogP contribution < -0.4 is 4.74 Å². The average Bonchev–Trinajstić information content (AvgIpc) is 2.38. The van der Waals surface area contributed by atoms with Crippen LogP contribution in [0.1, 0.15) is 5.56 Å². The first kappa shape index (κ1) is 11.9. The summed E-state index contributed by atoms with van der Waals surface area (Å²) in [6.45, 7) is 0.580. The molecular formula is C15H13BrO. The first-order valence-electron chi connectivity index (χ1n) is 5.44. The third kappa shape index (κ3) is 4.08. The lowest BCUT2D eigenvalue weighted by Gasteiger charge is -2.02. The second-order valence-electron chi connectivity index (χ2n) is 3.58. The van der Waals surface area contributed by atoms with Crippen molar-refractivity contribution < 1.29 is 4.74 Å². The molecule has 86 valence electrons. The molecule has 0 saturated carbocycles. The maximum Gasteiger partial charge on any atom is 0.119 e. The standard InChI is InChI=1S/C15H13BrO/c16-14-8-10-15(11-9-14)17-12-4-7-13-5-2-1-3-6-13/h1-11H,12H2/b7-4-. The van der Waals surface area contributed by atoms with E-state index in [9.17, 15) is 0 Å². The van der Waals surface area contributed by atoms with Crippen molar-refractivity contribution in [1.29, 1.82) is 0 Å². The fraction of sp³-hybridized carbons (Fsp3) is 0.0667. The Kier molecular flexibility index (Phi) is 4.39. The summed E-state index contributed by atoms with van der Waals surface area (Å²) in [5.41, 5.74) is 1.19. The normalized spacial score (nSPS) is 10.6. The van der Waals surface area contributed by atoms with Gasteiger partial charge in [0.1, 0.15) is 12.4 Å². The fourth-order valence-corrected chi connectivity index (χ4v) is 1.69. The van der Waals surface area contributed by atoms with Crippen LogP contribution in [-0.4, -0.2) is 6.61 Å². The van der Waals surface area contributed by atoms with Crippen molar-refractivity contribution in [2.24, 2.45) is 0 Å². The molecule has 0 fully saturated rings. The Bertz CT molecular complexity index is 474. The van der Waals surface area contributed by atoms with E-state index >= 15 is 0 Å². The summed E-state index contributed by atoms with van der Waals surface area (Å²) in [7, 11) is 0. The van der Waals surface area contributed by atoms with Crippen molar-refractivity contribution in [3.8, 4) is 5.75 Å². The topological polar surface area (TPSA) is 9.23 Å². The lowest BCUT2D eigenvalue weighted by Crippen LogP contribution is -1.92. The first-order chi connectivity index (χ1) is 8.34. The first-order valence-corrected chi connectivity index (χ1v) is 6.24. The number of rotatable bonds is 4. The second kappa shape index (κ2) is 6.26. The minimum atomic E-state index is 0.580. The van der Waals surface area contributed by atoms with Crippen LogP contribution in [0.15, 0.2) is 65.1 Å². The van der Waals surface area contributed by atoms with Crippen molar-refractivity contribution in [2.45, 2.75) is 0 Å². The predicted octanol–water partition coefficient (Wildman–Crippen LogP) is 4.54. The minimum Gasteiger partial charge on any atom is -0.490 e. The van der Waals surface area contributed by atoms with Crippen LogP contribution >= 0.6 is 15.9 Å². The molecule has 0 unspecified atom stereocenters. The van der Waals surface area contributed by atoms with Gasteiger partial charge < -0.3 is 4.74 Å². The zero-order valence-electron chi connectivity index (χ0n) is 9.34. The van der Waals surface area contributed by atoms with Gasteiger partial charge in [0.2, 0.25) is 0 Å². The largest absolute Gasteiger partial charge is 0.490 e. The Labute approximate surface area is 110 Å². The van der Waals surface area contributed by atoms with Gasteiger partial charge >= 0.3 is 0 Å². The summed E-state index contributed by atoms with van der Waals surface area (Å²) in [5, 5.41) is 0. The fourth-order valence-electron chi connectivity index (χ4n) is 1.42. The van der Waals surface area contributed by atoms with E-state index < -0.39 is 0 Å². The molecule has 0 aliphatic rings. The van der Waals surface area contributed by atoms with Crippen LogP contribution in [0.2, 0.25) is 0 Å². The maximum atomic E-state index is 5.58. The van der Waals surface area contributed by atoms with Gasteiger partial charge in [-0.2, -0.15) is 0 Å². The van der Waals surface area contributed by atoms with Crippen molar-refractivity contribution in [3.05, 3.63) is 70.7 Å². The summed E-state index contributed by atoms with van der Waals surface area (Å²) >= 11 is 3.39. The molecule has 2 rings (SSSR count). The number of hydrogen-bond donors (Lipinski definition) is 0. The Hall–Kier alpha value is -1.54. The Morgan fingerprint density at radius 3 is 2.35 bits per heavy atom. The van der Waals surface area contributed by atoms with E-state index in [4.69, 9.17) is 4.74 Å². The van der Waals surface area contributed by atoms with Crippen LogP contribution in [0.3, 0.4) is 0 Å². The molecule has 2 aromatic rings. The van der Waals surface area contributed by atoms with Crippen LogP contribution in [0.25, 0.3) is 6.08 Å². The number of hydrogen-bond acceptors (Lipinski definition) is 1. The van der Waals surface area contributed by atoms with Gasteiger partial charge in [-0.15, -0.1) is 0 Å². The summed E-state index contributed by atoms with van der Waals surface area (Å²) in [5.74, 6) is 0.880. The molecule has 0 bridgehead atoms. The van der Waals surface area contributed by atoms with Crippen LogP contribution in [0.4, 0.5) is 0 Å². The average molecular weight is 289 g/mol. The monoisotopic (exact) mass is 288 g/mol. The highest BCUT2D eigenvalue weighted by molar-refractivity contribution is 9.10. The molecule has 2 aromatic carbocycles. The molecule has 0 N–H and O–H groups in total. The highest BCUT2D eigenvalue weighted by Gasteiger charge is 1.91. The molecule has 17 heavy (non-hydrogen) atoms. The number of ether oxygens (including phenoxy) is 1. The van der Waals surface area contributed by atoms with E-state index in [-0.39, 0.29) is 0 Å². The zero-order valence-corrected chi connectivity index (χ0v) is 10.9. The van der Waals surface area contributed by atoms with Crippen LogP contribution in [0, 0.1) is 0 Å². The molecule has 0 radical (unpaired) electrons. The quantitative estimate of drug-likeness (QED) is 0.802. The zero-order chi connectivity index (χ0) is 11.9. The molecule has 0 amide bonds. The summed E-state index contributed by atoms with van der Waals surface area (Å²) in [6, 6.07) is 18.0. The molecule has 0 heterocycles. The van der Waals surface area contributed by atoms with Crippen LogP contribution in [-0.2, 0) is 0 Å². The van der Waals surface area contributed by atoms with Gasteiger partial charge in [-0.1, -0.05) is 52.3 Å². The highest BCUT2D eigenvalue weighted by atomic mass is 79.9. The summed E-state index contributed by atoms with van der Waals surface area (Å²) < 4.78 is 6.63. The molecule has 1 nitrogen and oxygen atoms in total. The molecule has 0 aliphatic heterocycles. The highest BCUT2D eigenvalue weighted by Crippen LogP contribution is 2.16. The SMILES string of the molecule is Brc1ccc(OC/C=C\c2ccccc2)cc1. The van der Waals surface area contributed by atoms with Gasteiger partial charge in [-0.25, -0.2) is 0 Å². The van der Waals surface area contributed by atoms with E-state index in [2.05, 4.69) is 34.1 Å². The Morgan fingerprint density at radius 2 is 1.65 bits per heavy atom. The summed E-state index contributed by atoms with van der Waals surface area (Å²) in [4.78, 5) is 0. The smallest absolute Gasteiger partial charge is 0.119 e. The van der Waals surface area contributed by atoms with E-state index in [0.29, 0.717) is 6.61 Å². The van der Waals surface area contributed by atoms with Crippen molar-refractivity contribution >= 4 is 22.0 Å². The van der Waals surface area contributed by atoms with Crippen molar-refractivity contribution in [2.75, 3.05) is 6.61 Å². The number of benzene rings is 2.